The molecule has 0 aliphatic heterocycles. The zero-order valence-electron chi connectivity index (χ0n) is 14.1. The van der Waals surface area contributed by atoms with E-state index in [1.165, 1.54) is 0 Å². The minimum atomic E-state index is 0.0775. The van der Waals surface area contributed by atoms with Crippen molar-refractivity contribution in [3.05, 3.63) is 58.7 Å². The topological polar surface area (TPSA) is 44.8 Å². The maximum absolute atomic E-state index is 12.7. The third-order valence-corrected chi connectivity index (χ3v) is 4.26. The van der Waals surface area contributed by atoms with Gasteiger partial charge < -0.3 is 14.2 Å². The summed E-state index contributed by atoms with van der Waals surface area (Å²) >= 11 is 0. The molecule has 4 heteroatoms. The summed E-state index contributed by atoms with van der Waals surface area (Å²) in [6.07, 6.45) is 3.47. The highest BCUT2D eigenvalue weighted by atomic mass is 16.5. The molecule has 124 valence electrons. The Balaban J connectivity index is 1.93. The van der Waals surface area contributed by atoms with Crippen LogP contribution in [0.1, 0.15) is 27.9 Å². The fourth-order valence-corrected chi connectivity index (χ4v) is 2.96. The van der Waals surface area contributed by atoms with Crippen LogP contribution in [0.25, 0.3) is 6.08 Å². The first-order chi connectivity index (χ1) is 11.7. The predicted molar refractivity (Wildman–Crippen MR) is 93.2 cm³/mol. The minimum Gasteiger partial charge on any atom is -0.497 e. The molecule has 3 rings (SSSR count). The van der Waals surface area contributed by atoms with E-state index in [9.17, 15) is 4.79 Å². The number of rotatable bonds is 4. The molecule has 0 radical (unpaired) electrons. The summed E-state index contributed by atoms with van der Waals surface area (Å²) in [5.74, 6) is 2.19. The maximum atomic E-state index is 12.7. The lowest BCUT2D eigenvalue weighted by Crippen LogP contribution is -2.14. The lowest BCUT2D eigenvalue weighted by atomic mass is 9.86. The number of Topliss-reactive ketones (excluding diaryl/α,β-unsaturated/α-hetero) is 1. The SMILES string of the molecule is COc1ccc2c(c1)CC/C(=C/c1ccc(OC)c(OC)c1)C2=O. The van der Waals surface area contributed by atoms with Crippen molar-refractivity contribution in [3.8, 4) is 17.2 Å². The van der Waals surface area contributed by atoms with Gasteiger partial charge in [-0.05, 0) is 60.4 Å². The van der Waals surface area contributed by atoms with Gasteiger partial charge in [-0.1, -0.05) is 6.07 Å². The second-order valence-corrected chi connectivity index (χ2v) is 5.64. The second kappa shape index (κ2) is 6.79. The average molecular weight is 324 g/mol. The van der Waals surface area contributed by atoms with E-state index in [0.29, 0.717) is 17.9 Å². The van der Waals surface area contributed by atoms with Crippen LogP contribution in [0.4, 0.5) is 0 Å². The lowest BCUT2D eigenvalue weighted by Gasteiger charge is -2.18. The number of aryl methyl sites for hydroxylation is 1. The van der Waals surface area contributed by atoms with Gasteiger partial charge in [0.1, 0.15) is 5.75 Å². The first kappa shape index (κ1) is 16.1. The van der Waals surface area contributed by atoms with Crippen LogP contribution in [0, 0.1) is 0 Å². The molecule has 2 aromatic rings. The van der Waals surface area contributed by atoms with E-state index in [1.54, 1.807) is 21.3 Å². The van der Waals surface area contributed by atoms with Crippen molar-refractivity contribution < 1.29 is 19.0 Å². The van der Waals surface area contributed by atoms with Gasteiger partial charge in [0, 0.05) is 11.1 Å². The molecule has 0 atom stereocenters. The molecule has 0 fully saturated rings. The van der Waals surface area contributed by atoms with Crippen molar-refractivity contribution in [3.63, 3.8) is 0 Å². The highest BCUT2D eigenvalue weighted by Crippen LogP contribution is 2.32. The Labute approximate surface area is 141 Å². The molecule has 24 heavy (non-hydrogen) atoms. The molecule has 1 aliphatic rings. The van der Waals surface area contributed by atoms with E-state index in [0.717, 1.165) is 34.4 Å². The summed E-state index contributed by atoms with van der Waals surface area (Å²) in [6.45, 7) is 0. The van der Waals surface area contributed by atoms with Crippen LogP contribution in [-0.2, 0) is 6.42 Å². The lowest BCUT2D eigenvalue weighted by molar-refractivity contribution is 0.102. The van der Waals surface area contributed by atoms with Crippen molar-refractivity contribution in [2.24, 2.45) is 0 Å². The monoisotopic (exact) mass is 324 g/mol. The Morgan fingerprint density at radius 2 is 1.67 bits per heavy atom. The Kier molecular flexibility index (Phi) is 4.56. The number of allylic oxidation sites excluding steroid dienone is 1. The molecular weight excluding hydrogens is 304 g/mol. The quantitative estimate of drug-likeness (QED) is 0.800. The summed E-state index contributed by atoms with van der Waals surface area (Å²) in [6, 6.07) is 11.3. The number of carbonyl (C=O) groups is 1. The molecule has 2 aromatic carbocycles. The third-order valence-electron chi connectivity index (χ3n) is 4.26. The van der Waals surface area contributed by atoms with Crippen molar-refractivity contribution in [1.29, 1.82) is 0 Å². The van der Waals surface area contributed by atoms with Crippen LogP contribution in [0.15, 0.2) is 42.0 Å². The highest BCUT2D eigenvalue weighted by Gasteiger charge is 2.22. The number of hydrogen-bond acceptors (Lipinski definition) is 4. The van der Waals surface area contributed by atoms with E-state index in [2.05, 4.69) is 0 Å². The van der Waals surface area contributed by atoms with Gasteiger partial charge in [0.05, 0.1) is 21.3 Å². The molecule has 0 amide bonds. The van der Waals surface area contributed by atoms with Crippen LogP contribution >= 0.6 is 0 Å². The van der Waals surface area contributed by atoms with Gasteiger partial charge in [0.25, 0.3) is 0 Å². The summed E-state index contributed by atoms with van der Waals surface area (Å²) in [5.41, 5.74) is 3.53. The van der Waals surface area contributed by atoms with Gasteiger partial charge >= 0.3 is 0 Å². The first-order valence-corrected chi connectivity index (χ1v) is 7.80. The van der Waals surface area contributed by atoms with Crippen LogP contribution < -0.4 is 14.2 Å². The molecule has 1 aliphatic carbocycles. The zero-order valence-corrected chi connectivity index (χ0v) is 14.1. The summed E-state index contributed by atoms with van der Waals surface area (Å²) in [7, 11) is 4.84. The Morgan fingerprint density at radius 3 is 2.38 bits per heavy atom. The molecule has 4 nitrogen and oxygen atoms in total. The van der Waals surface area contributed by atoms with E-state index < -0.39 is 0 Å². The molecule has 0 unspecified atom stereocenters. The maximum Gasteiger partial charge on any atom is 0.189 e. The van der Waals surface area contributed by atoms with Crippen molar-refractivity contribution in [1.82, 2.24) is 0 Å². The van der Waals surface area contributed by atoms with Crippen LogP contribution in [0.2, 0.25) is 0 Å². The number of ether oxygens (including phenoxy) is 3. The summed E-state index contributed by atoms with van der Waals surface area (Å²) < 4.78 is 15.8. The normalized spacial score (nSPS) is 15.1. The number of hydrogen-bond donors (Lipinski definition) is 0. The molecule has 0 bridgehead atoms. The van der Waals surface area contributed by atoms with Gasteiger partial charge in [-0.3, -0.25) is 4.79 Å². The number of fused-ring (bicyclic) bond motifs is 1. The minimum absolute atomic E-state index is 0.0775. The fourth-order valence-electron chi connectivity index (χ4n) is 2.96. The van der Waals surface area contributed by atoms with E-state index >= 15 is 0 Å². The molecular formula is C20H20O4. The smallest absolute Gasteiger partial charge is 0.189 e. The molecule has 0 heterocycles. The van der Waals surface area contributed by atoms with Gasteiger partial charge in [0.2, 0.25) is 0 Å². The standard InChI is InChI=1S/C20H20O4/c1-22-16-7-8-17-14(12-16)5-6-15(20(17)21)10-13-4-9-18(23-2)19(11-13)24-3/h4,7-12H,5-6H2,1-3H3/b15-10-. The average Bonchev–Trinajstić information content (AvgIpc) is 2.63. The van der Waals surface area contributed by atoms with Crippen LogP contribution in [-0.4, -0.2) is 27.1 Å². The second-order valence-electron chi connectivity index (χ2n) is 5.64. The van der Waals surface area contributed by atoms with E-state index in [-0.39, 0.29) is 5.78 Å². The van der Waals surface area contributed by atoms with Gasteiger partial charge in [-0.2, -0.15) is 0 Å². The highest BCUT2D eigenvalue weighted by molar-refractivity contribution is 6.13. The van der Waals surface area contributed by atoms with Crippen LogP contribution in [0.5, 0.6) is 17.2 Å². The van der Waals surface area contributed by atoms with E-state index in [4.69, 9.17) is 14.2 Å². The Bertz CT molecular complexity index is 805. The van der Waals surface area contributed by atoms with E-state index in [1.807, 2.05) is 42.5 Å². The molecule has 0 spiro atoms. The summed E-state index contributed by atoms with van der Waals surface area (Å²) in [4.78, 5) is 12.7. The number of benzene rings is 2. The predicted octanol–water partition coefficient (Wildman–Crippen LogP) is 3.92. The zero-order chi connectivity index (χ0) is 17.1. The number of ketones is 1. The molecule has 0 N–H and O–H groups in total. The van der Waals surface area contributed by atoms with Gasteiger partial charge in [-0.15, -0.1) is 0 Å². The number of methoxy groups -OCH3 is 3. The fraction of sp³-hybridized carbons (Fsp3) is 0.250. The largest absolute Gasteiger partial charge is 0.497 e. The molecule has 0 aromatic heterocycles. The Hall–Kier alpha value is -2.75. The van der Waals surface area contributed by atoms with Crippen molar-refractivity contribution in [2.75, 3.05) is 21.3 Å². The summed E-state index contributed by atoms with van der Waals surface area (Å²) in [5, 5.41) is 0. The van der Waals surface area contributed by atoms with Crippen molar-refractivity contribution in [2.45, 2.75) is 12.8 Å². The van der Waals surface area contributed by atoms with Gasteiger partial charge in [-0.25, -0.2) is 0 Å². The number of carbonyl (C=O) groups excluding carboxylic acids is 1. The van der Waals surface area contributed by atoms with Crippen molar-refractivity contribution >= 4 is 11.9 Å². The molecule has 0 saturated carbocycles. The Morgan fingerprint density at radius 1 is 0.875 bits per heavy atom. The van der Waals surface area contributed by atoms with Crippen LogP contribution in [0.3, 0.4) is 0 Å². The molecule has 0 saturated heterocycles. The van der Waals surface area contributed by atoms with Gasteiger partial charge in [0.15, 0.2) is 17.3 Å². The third kappa shape index (κ3) is 3.00. The first-order valence-electron chi connectivity index (χ1n) is 7.80.